The lowest BCUT2D eigenvalue weighted by atomic mass is 10.1. The molecule has 0 fully saturated rings. The van der Waals surface area contributed by atoms with Gasteiger partial charge in [0.2, 0.25) is 0 Å². The summed E-state index contributed by atoms with van der Waals surface area (Å²) >= 11 is 3.35. The van der Waals surface area contributed by atoms with Crippen LogP contribution in [-0.4, -0.2) is 19.1 Å². The van der Waals surface area contributed by atoms with E-state index in [1.54, 1.807) is 0 Å². The minimum Gasteiger partial charge on any atom is -0.484 e. The van der Waals surface area contributed by atoms with E-state index in [0.29, 0.717) is 12.3 Å². The molecule has 1 amide bonds. The standard InChI is InChI=1S/C16H16BrNO2/c17-14-6-8-15(9-7-14)20-12-16(19)18-11-10-13-4-2-1-3-5-13/h1-9H,10-12H2,(H,18,19). The molecule has 0 unspecified atom stereocenters. The molecule has 0 atom stereocenters. The average Bonchev–Trinajstić information content (AvgIpc) is 2.48. The molecule has 2 aromatic carbocycles. The number of benzene rings is 2. The van der Waals surface area contributed by atoms with Crippen LogP contribution in [0, 0.1) is 0 Å². The maximum absolute atomic E-state index is 11.6. The van der Waals surface area contributed by atoms with Gasteiger partial charge in [-0.15, -0.1) is 0 Å². The molecule has 0 aromatic heterocycles. The third kappa shape index (κ3) is 5.05. The van der Waals surface area contributed by atoms with Crippen molar-refractivity contribution in [1.29, 1.82) is 0 Å². The van der Waals surface area contributed by atoms with Gasteiger partial charge in [-0.1, -0.05) is 46.3 Å². The van der Waals surface area contributed by atoms with Crippen LogP contribution in [0.15, 0.2) is 59.1 Å². The summed E-state index contributed by atoms with van der Waals surface area (Å²) in [6, 6.07) is 17.5. The first-order valence-electron chi connectivity index (χ1n) is 6.43. The first-order chi connectivity index (χ1) is 9.74. The summed E-state index contributed by atoms with van der Waals surface area (Å²) in [5.74, 6) is 0.579. The van der Waals surface area contributed by atoms with E-state index >= 15 is 0 Å². The zero-order valence-electron chi connectivity index (χ0n) is 11.0. The van der Waals surface area contributed by atoms with E-state index in [9.17, 15) is 4.79 Å². The van der Waals surface area contributed by atoms with Crippen LogP contribution in [0.5, 0.6) is 5.75 Å². The average molecular weight is 334 g/mol. The number of hydrogen-bond acceptors (Lipinski definition) is 2. The molecule has 0 aliphatic rings. The molecule has 0 radical (unpaired) electrons. The van der Waals surface area contributed by atoms with Crippen molar-refractivity contribution in [3.8, 4) is 5.75 Å². The van der Waals surface area contributed by atoms with Gasteiger partial charge in [-0.3, -0.25) is 4.79 Å². The summed E-state index contributed by atoms with van der Waals surface area (Å²) in [6.07, 6.45) is 0.824. The number of hydrogen-bond donors (Lipinski definition) is 1. The Morgan fingerprint density at radius 3 is 2.45 bits per heavy atom. The summed E-state index contributed by atoms with van der Waals surface area (Å²) in [5.41, 5.74) is 1.21. The van der Waals surface area contributed by atoms with Gasteiger partial charge in [0, 0.05) is 11.0 Å². The molecule has 0 spiro atoms. The molecule has 1 N–H and O–H groups in total. The van der Waals surface area contributed by atoms with Crippen molar-refractivity contribution < 1.29 is 9.53 Å². The highest BCUT2D eigenvalue weighted by atomic mass is 79.9. The van der Waals surface area contributed by atoms with E-state index in [-0.39, 0.29) is 12.5 Å². The second-order valence-corrected chi connectivity index (χ2v) is 5.24. The summed E-state index contributed by atoms with van der Waals surface area (Å²) < 4.78 is 6.38. The highest BCUT2D eigenvalue weighted by Gasteiger charge is 2.02. The number of ether oxygens (including phenoxy) is 1. The van der Waals surface area contributed by atoms with Crippen LogP contribution in [0.2, 0.25) is 0 Å². The smallest absolute Gasteiger partial charge is 0.257 e. The van der Waals surface area contributed by atoms with Crippen molar-refractivity contribution in [2.24, 2.45) is 0 Å². The Hall–Kier alpha value is -1.81. The Morgan fingerprint density at radius 1 is 1.05 bits per heavy atom. The fraction of sp³-hybridized carbons (Fsp3) is 0.188. The van der Waals surface area contributed by atoms with Gasteiger partial charge in [-0.2, -0.15) is 0 Å². The number of amides is 1. The van der Waals surface area contributed by atoms with E-state index in [1.807, 2.05) is 54.6 Å². The third-order valence-electron chi connectivity index (χ3n) is 2.76. The molecule has 3 nitrogen and oxygen atoms in total. The highest BCUT2D eigenvalue weighted by Crippen LogP contribution is 2.15. The largest absolute Gasteiger partial charge is 0.484 e. The monoisotopic (exact) mass is 333 g/mol. The number of rotatable bonds is 6. The van der Waals surface area contributed by atoms with Crippen LogP contribution in [0.25, 0.3) is 0 Å². The lowest BCUT2D eigenvalue weighted by Gasteiger charge is -2.07. The van der Waals surface area contributed by atoms with Crippen LogP contribution >= 0.6 is 15.9 Å². The molecule has 2 aromatic rings. The molecule has 2 rings (SSSR count). The zero-order valence-corrected chi connectivity index (χ0v) is 12.6. The summed E-state index contributed by atoms with van der Waals surface area (Å²) in [5, 5.41) is 2.84. The Kier molecular flexibility index (Phi) is 5.62. The lowest BCUT2D eigenvalue weighted by Crippen LogP contribution is -2.30. The SMILES string of the molecule is O=C(COc1ccc(Br)cc1)NCCc1ccccc1. The van der Waals surface area contributed by atoms with Gasteiger partial charge < -0.3 is 10.1 Å². The van der Waals surface area contributed by atoms with Crippen LogP contribution in [0.3, 0.4) is 0 Å². The van der Waals surface area contributed by atoms with E-state index in [2.05, 4.69) is 21.2 Å². The molecular formula is C16H16BrNO2. The van der Waals surface area contributed by atoms with Crippen molar-refractivity contribution in [1.82, 2.24) is 5.32 Å². The van der Waals surface area contributed by atoms with Crippen molar-refractivity contribution >= 4 is 21.8 Å². The summed E-state index contributed by atoms with van der Waals surface area (Å²) in [4.78, 5) is 11.6. The van der Waals surface area contributed by atoms with Gasteiger partial charge in [0.25, 0.3) is 5.91 Å². The van der Waals surface area contributed by atoms with E-state index < -0.39 is 0 Å². The number of nitrogens with one attached hydrogen (secondary N) is 1. The van der Waals surface area contributed by atoms with Crippen molar-refractivity contribution in [3.05, 3.63) is 64.6 Å². The minimum absolute atomic E-state index is 0.0381. The van der Waals surface area contributed by atoms with Crippen LogP contribution in [0.1, 0.15) is 5.56 Å². The highest BCUT2D eigenvalue weighted by molar-refractivity contribution is 9.10. The molecule has 0 saturated carbocycles. The molecule has 0 saturated heterocycles. The first kappa shape index (κ1) is 14.6. The molecule has 0 bridgehead atoms. The summed E-state index contributed by atoms with van der Waals surface area (Å²) in [7, 11) is 0. The quantitative estimate of drug-likeness (QED) is 0.881. The normalized spacial score (nSPS) is 10.1. The predicted octanol–water partition coefficient (Wildman–Crippen LogP) is 3.19. The van der Waals surface area contributed by atoms with Gasteiger partial charge in [0.05, 0.1) is 0 Å². The lowest BCUT2D eigenvalue weighted by molar-refractivity contribution is -0.123. The maximum Gasteiger partial charge on any atom is 0.257 e. The van der Waals surface area contributed by atoms with Crippen molar-refractivity contribution in [3.63, 3.8) is 0 Å². The van der Waals surface area contributed by atoms with E-state index in [0.717, 1.165) is 10.9 Å². The second kappa shape index (κ2) is 7.70. The fourth-order valence-electron chi connectivity index (χ4n) is 1.72. The zero-order chi connectivity index (χ0) is 14.2. The van der Waals surface area contributed by atoms with Gasteiger partial charge >= 0.3 is 0 Å². The molecule has 0 aliphatic carbocycles. The third-order valence-corrected chi connectivity index (χ3v) is 3.29. The Balaban J connectivity index is 1.67. The van der Waals surface area contributed by atoms with E-state index in [4.69, 9.17) is 4.74 Å². The summed E-state index contributed by atoms with van der Waals surface area (Å²) in [6.45, 7) is 0.656. The van der Waals surface area contributed by atoms with Crippen molar-refractivity contribution in [2.45, 2.75) is 6.42 Å². The Morgan fingerprint density at radius 2 is 1.75 bits per heavy atom. The topological polar surface area (TPSA) is 38.3 Å². The number of carbonyl (C=O) groups excluding carboxylic acids is 1. The fourth-order valence-corrected chi connectivity index (χ4v) is 1.99. The van der Waals surface area contributed by atoms with Gasteiger partial charge in [-0.05, 0) is 36.2 Å². The van der Waals surface area contributed by atoms with Gasteiger partial charge in [0.1, 0.15) is 5.75 Å². The Bertz CT molecular complexity index is 540. The van der Waals surface area contributed by atoms with Crippen LogP contribution in [-0.2, 0) is 11.2 Å². The molecular weight excluding hydrogens is 318 g/mol. The molecule has 0 aliphatic heterocycles. The van der Waals surface area contributed by atoms with Gasteiger partial charge in [0.15, 0.2) is 6.61 Å². The van der Waals surface area contributed by atoms with E-state index in [1.165, 1.54) is 5.56 Å². The molecule has 104 valence electrons. The maximum atomic E-state index is 11.6. The van der Waals surface area contributed by atoms with Gasteiger partial charge in [-0.25, -0.2) is 0 Å². The Labute approximate surface area is 127 Å². The second-order valence-electron chi connectivity index (χ2n) is 4.33. The predicted molar refractivity (Wildman–Crippen MR) is 82.8 cm³/mol. The molecule has 0 heterocycles. The van der Waals surface area contributed by atoms with Crippen LogP contribution in [0.4, 0.5) is 0 Å². The minimum atomic E-state index is -0.108. The van der Waals surface area contributed by atoms with Crippen molar-refractivity contribution in [2.75, 3.05) is 13.2 Å². The first-order valence-corrected chi connectivity index (χ1v) is 7.22. The molecule has 4 heteroatoms. The molecule has 20 heavy (non-hydrogen) atoms. The van der Waals surface area contributed by atoms with Crippen LogP contribution < -0.4 is 10.1 Å². The number of halogens is 1. The number of carbonyl (C=O) groups is 1.